The first-order valence-electron chi connectivity index (χ1n) is 8.88. The Bertz CT molecular complexity index is 542. The van der Waals surface area contributed by atoms with E-state index in [1.807, 2.05) is 11.8 Å². The van der Waals surface area contributed by atoms with Gasteiger partial charge < -0.3 is 5.32 Å². The van der Waals surface area contributed by atoms with Crippen LogP contribution in [0.2, 0.25) is 0 Å². The molecular weight excluding hydrogens is 274 g/mol. The highest BCUT2D eigenvalue weighted by atomic mass is 32.2. The van der Waals surface area contributed by atoms with Crippen LogP contribution < -0.4 is 5.32 Å². The van der Waals surface area contributed by atoms with Crippen LogP contribution in [0.1, 0.15) is 50.1 Å². The Balaban J connectivity index is 1.35. The lowest BCUT2D eigenvalue weighted by Gasteiger charge is -2.36. The second-order valence-electron chi connectivity index (χ2n) is 7.65. The molecule has 5 rings (SSSR count). The molecule has 3 aliphatic carbocycles. The van der Waals surface area contributed by atoms with Crippen molar-refractivity contribution >= 4 is 11.8 Å². The van der Waals surface area contributed by atoms with E-state index in [2.05, 4.69) is 29.6 Å². The first-order chi connectivity index (χ1) is 10.4. The Kier molecular flexibility index (Phi) is 3.11. The zero-order valence-corrected chi connectivity index (χ0v) is 13.4. The average molecular weight is 299 g/mol. The van der Waals surface area contributed by atoms with Gasteiger partial charge in [-0.3, -0.25) is 0 Å². The molecule has 0 amide bonds. The van der Waals surface area contributed by atoms with Gasteiger partial charge in [0.2, 0.25) is 0 Å². The third-order valence-corrected chi connectivity index (χ3v) is 7.93. The van der Waals surface area contributed by atoms with E-state index in [1.54, 1.807) is 12.0 Å². The van der Waals surface area contributed by atoms with Crippen molar-refractivity contribution in [2.45, 2.75) is 55.5 Å². The zero-order chi connectivity index (χ0) is 13.8. The number of hydrogen-bond acceptors (Lipinski definition) is 2. The van der Waals surface area contributed by atoms with E-state index >= 15 is 0 Å². The monoisotopic (exact) mass is 299 g/mol. The summed E-state index contributed by atoms with van der Waals surface area (Å²) in [6.45, 7) is 0. The number of fused-ring (bicyclic) bond motifs is 6. The van der Waals surface area contributed by atoms with Crippen molar-refractivity contribution in [3.63, 3.8) is 0 Å². The SMILES string of the molecule is c1ccc2c(c1)SCC[C@@H]2N[C@@H]1C[C@H]2C[C@H]1[C@H]1CCC[C@H]21. The fraction of sp³-hybridized carbons (Fsp3) is 0.684. The van der Waals surface area contributed by atoms with Crippen LogP contribution in [0.15, 0.2) is 29.2 Å². The van der Waals surface area contributed by atoms with Crippen LogP contribution in [0.3, 0.4) is 0 Å². The summed E-state index contributed by atoms with van der Waals surface area (Å²) in [5.74, 6) is 5.54. The maximum atomic E-state index is 4.10. The molecule has 3 fully saturated rings. The molecule has 6 atom stereocenters. The van der Waals surface area contributed by atoms with Crippen molar-refractivity contribution in [1.29, 1.82) is 0 Å². The molecule has 112 valence electrons. The molecule has 0 spiro atoms. The van der Waals surface area contributed by atoms with E-state index in [0.717, 1.165) is 29.7 Å². The molecule has 3 saturated carbocycles. The number of nitrogens with one attached hydrogen (secondary N) is 1. The van der Waals surface area contributed by atoms with Crippen molar-refractivity contribution in [1.82, 2.24) is 5.32 Å². The van der Waals surface area contributed by atoms with Crippen LogP contribution in [-0.4, -0.2) is 11.8 Å². The Morgan fingerprint density at radius 3 is 2.86 bits per heavy atom. The minimum atomic E-state index is 0.617. The maximum Gasteiger partial charge on any atom is 0.0341 e. The number of rotatable bonds is 2. The van der Waals surface area contributed by atoms with Crippen LogP contribution in [0.4, 0.5) is 0 Å². The van der Waals surface area contributed by atoms with E-state index in [4.69, 9.17) is 0 Å². The highest BCUT2D eigenvalue weighted by molar-refractivity contribution is 7.99. The molecule has 1 heterocycles. The highest BCUT2D eigenvalue weighted by Gasteiger charge is 2.53. The zero-order valence-electron chi connectivity index (χ0n) is 12.6. The predicted octanol–water partition coefficient (Wildman–Crippen LogP) is 4.64. The third-order valence-electron chi connectivity index (χ3n) is 6.80. The lowest BCUT2D eigenvalue weighted by atomic mass is 9.78. The molecule has 1 N–H and O–H groups in total. The average Bonchev–Trinajstić information content (AvgIpc) is 3.20. The van der Waals surface area contributed by atoms with Gasteiger partial charge in [0.15, 0.2) is 0 Å². The summed E-state index contributed by atoms with van der Waals surface area (Å²) >= 11 is 2.04. The van der Waals surface area contributed by atoms with Crippen molar-refractivity contribution < 1.29 is 0 Å². The second-order valence-corrected chi connectivity index (χ2v) is 8.79. The van der Waals surface area contributed by atoms with Gasteiger partial charge in [-0.2, -0.15) is 0 Å². The van der Waals surface area contributed by atoms with Gasteiger partial charge in [-0.25, -0.2) is 0 Å². The van der Waals surface area contributed by atoms with Gasteiger partial charge in [-0.15, -0.1) is 11.8 Å². The van der Waals surface area contributed by atoms with Gasteiger partial charge >= 0.3 is 0 Å². The van der Waals surface area contributed by atoms with E-state index in [0.29, 0.717) is 6.04 Å². The topological polar surface area (TPSA) is 12.0 Å². The molecule has 0 saturated heterocycles. The molecule has 1 aromatic rings. The molecule has 1 aliphatic heterocycles. The molecule has 0 aromatic heterocycles. The van der Waals surface area contributed by atoms with Crippen LogP contribution in [-0.2, 0) is 0 Å². The van der Waals surface area contributed by atoms with Gasteiger partial charge in [0.1, 0.15) is 0 Å². The predicted molar refractivity (Wildman–Crippen MR) is 88.5 cm³/mol. The lowest BCUT2D eigenvalue weighted by molar-refractivity contribution is 0.196. The first kappa shape index (κ1) is 13.0. The molecule has 2 bridgehead atoms. The highest BCUT2D eigenvalue weighted by Crippen LogP contribution is 2.59. The van der Waals surface area contributed by atoms with Crippen molar-refractivity contribution in [2.75, 3.05) is 5.75 Å². The van der Waals surface area contributed by atoms with Crippen molar-refractivity contribution in [2.24, 2.45) is 23.7 Å². The third kappa shape index (κ3) is 2.02. The fourth-order valence-corrected chi connectivity index (χ4v) is 7.16. The number of thioether (sulfide) groups is 1. The minimum absolute atomic E-state index is 0.617. The molecular formula is C19H25NS. The number of benzene rings is 1. The van der Waals surface area contributed by atoms with Gasteiger partial charge in [-0.1, -0.05) is 24.6 Å². The standard InChI is InChI=1S/C19H25NS/c1-2-7-19-15(4-1)17(8-9-21-19)20-18-11-12-10-16(18)14-6-3-5-13(12)14/h1-2,4,7,12-14,16-18,20H,3,5-6,8-11H2/t12-,13-,14+,16+,17+,18-/m1/s1. The molecule has 21 heavy (non-hydrogen) atoms. The van der Waals surface area contributed by atoms with Crippen LogP contribution in [0.25, 0.3) is 0 Å². The normalized spacial score (nSPS) is 43.8. The van der Waals surface area contributed by atoms with Crippen LogP contribution >= 0.6 is 11.8 Å². The Morgan fingerprint density at radius 2 is 1.86 bits per heavy atom. The summed E-state index contributed by atoms with van der Waals surface area (Å²) in [5.41, 5.74) is 1.57. The Labute approximate surface area is 132 Å². The molecule has 4 aliphatic rings. The Hall–Kier alpha value is -0.470. The maximum absolute atomic E-state index is 4.10. The Morgan fingerprint density at radius 1 is 0.952 bits per heavy atom. The quantitative estimate of drug-likeness (QED) is 0.854. The van der Waals surface area contributed by atoms with Gasteiger partial charge in [0.25, 0.3) is 0 Å². The van der Waals surface area contributed by atoms with E-state index < -0.39 is 0 Å². The van der Waals surface area contributed by atoms with E-state index in [9.17, 15) is 0 Å². The van der Waals surface area contributed by atoms with Gasteiger partial charge in [0.05, 0.1) is 0 Å². The van der Waals surface area contributed by atoms with Gasteiger partial charge in [0, 0.05) is 17.0 Å². The molecule has 2 heteroatoms. The summed E-state index contributed by atoms with van der Waals surface area (Å²) in [7, 11) is 0. The summed E-state index contributed by atoms with van der Waals surface area (Å²) in [5, 5.41) is 4.10. The van der Waals surface area contributed by atoms with Crippen LogP contribution in [0.5, 0.6) is 0 Å². The summed E-state index contributed by atoms with van der Waals surface area (Å²) < 4.78 is 0. The van der Waals surface area contributed by atoms with Crippen molar-refractivity contribution in [3.05, 3.63) is 29.8 Å². The summed E-state index contributed by atoms with van der Waals surface area (Å²) in [4.78, 5) is 1.52. The second kappa shape index (κ2) is 5.03. The van der Waals surface area contributed by atoms with E-state index in [1.165, 1.54) is 42.8 Å². The van der Waals surface area contributed by atoms with Crippen LogP contribution in [0, 0.1) is 23.7 Å². The molecule has 1 aromatic carbocycles. The summed E-state index contributed by atoms with van der Waals surface area (Å²) in [6.07, 6.45) is 8.90. The lowest BCUT2D eigenvalue weighted by Crippen LogP contribution is -2.42. The smallest absolute Gasteiger partial charge is 0.0341 e. The largest absolute Gasteiger partial charge is 0.307 e. The fourth-order valence-electron chi connectivity index (χ4n) is 6.03. The number of hydrogen-bond donors (Lipinski definition) is 1. The molecule has 0 radical (unpaired) electrons. The van der Waals surface area contributed by atoms with E-state index in [-0.39, 0.29) is 0 Å². The molecule has 1 nitrogen and oxygen atoms in total. The van der Waals surface area contributed by atoms with Crippen molar-refractivity contribution in [3.8, 4) is 0 Å². The molecule has 0 unspecified atom stereocenters. The van der Waals surface area contributed by atoms with Gasteiger partial charge in [-0.05, 0) is 73.2 Å². The summed E-state index contributed by atoms with van der Waals surface area (Å²) in [6, 6.07) is 10.5. The first-order valence-corrected chi connectivity index (χ1v) is 9.86. The minimum Gasteiger partial charge on any atom is -0.307 e.